The van der Waals surface area contributed by atoms with Crippen molar-refractivity contribution in [1.29, 1.82) is 0 Å². The van der Waals surface area contributed by atoms with Crippen LogP contribution >= 0.6 is 0 Å². The van der Waals surface area contributed by atoms with Crippen LogP contribution in [0.4, 0.5) is 0 Å². The van der Waals surface area contributed by atoms with Crippen molar-refractivity contribution in [2.24, 2.45) is 0 Å². The predicted molar refractivity (Wildman–Crippen MR) is 104 cm³/mol. The van der Waals surface area contributed by atoms with Gasteiger partial charge in [0.1, 0.15) is 0 Å². The number of carbonyl (C=O) groups excluding carboxylic acids is 1. The summed E-state index contributed by atoms with van der Waals surface area (Å²) >= 11 is 0. The van der Waals surface area contributed by atoms with Crippen molar-refractivity contribution in [2.45, 2.75) is 30.4 Å². The van der Waals surface area contributed by atoms with Crippen LogP contribution in [0, 0.1) is 0 Å². The lowest BCUT2D eigenvalue weighted by atomic mass is 10.2. The SMILES string of the molecule is O=C(NCc1ccc2c(c1)OCO2)c1cccc(S(=O)(=O)NC[C@H]2CCCO2)c1. The monoisotopic (exact) mass is 418 g/mol. The summed E-state index contributed by atoms with van der Waals surface area (Å²) < 4.78 is 43.6. The van der Waals surface area contributed by atoms with E-state index in [-0.39, 0.29) is 42.4 Å². The van der Waals surface area contributed by atoms with Gasteiger partial charge in [0.25, 0.3) is 5.91 Å². The molecule has 0 radical (unpaired) electrons. The number of ether oxygens (including phenoxy) is 3. The van der Waals surface area contributed by atoms with E-state index in [1.54, 1.807) is 24.3 Å². The molecule has 2 heterocycles. The molecule has 0 bridgehead atoms. The third kappa shape index (κ3) is 4.69. The highest BCUT2D eigenvalue weighted by atomic mass is 32.2. The molecule has 1 atom stereocenters. The van der Waals surface area contributed by atoms with E-state index in [1.165, 1.54) is 12.1 Å². The molecule has 1 amide bonds. The van der Waals surface area contributed by atoms with Gasteiger partial charge in [-0.3, -0.25) is 4.79 Å². The molecule has 8 nitrogen and oxygen atoms in total. The Balaban J connectivity index is 1.38. The Kier molecular flexibility index (Phi) is 5.70. The van der Waals surface area contributed by atoms with Gasteiger partial charge in [0.2, 0.25) is 16.8 Å². The van der Waals surface area contributed by atoms with Gasteiger partial charge in [0.15, 0.2) is 11.5 Å². The van der Waals surface area contributed by atoms with E-state index < -0.39 is 10.0 Å². The number of carbonyl (C=O) groups is 1. The summed E-state index contributed by atoms with van der Waals surface area (Å²) in [5, 5.41) is 2.79. The Hall–Kier alpha value is -2.62. The Labute approximate surface area is 169 Å². The second-order valence-corrected chi connectivity index (χ2v) is 8.65. The van der Waals surface area contributed by atoms with Crippen molar-refractivity contribution >= 4 is 15.9 Å². The normalized spacial score (nSPS) is 18.0. The van der Waals surface area contributed by atoms with Crippen molar-refractivity contribution in [2.75, 3.05) is 19.9 Å². The molecule has 9 heteroatoms. The maximum atomic E-state index is 12.5. The molecular weight excluding hydrogens is 396 g/mol. The van der Waals surface area contributed by atoms with Gasteiger partial charge in [-0.2, -0.15) is 0 Å². The summed E-state index contributed by atoms with van der Waals surface area (Å²) in [4.78, 5) is 12.5. The van der Waals surface area contributed by atoms with E-state index in [0.717, 1.165) is 18.4 Å². The molecule has 2 N–H and O–H groups in total. The molecule has 1 fully saturated rings. The summed E-state index contributed by atoms with van der Waals surface area (Å²) in [6.07, 6.45) is 1.67. The summed E-state index contributed by atoms with van der Waals surface area (Å²) in [5.74, 6) is 0.953. The minimum Gasteiger partial charge on any atom is -0.454 e. The second kappa shape index (κ2) is 8.40. The number of fused-ring (bicyclic) bond motifs is 1. The Morgan fingerprint density at radius 2 is 1.97 bits per heavy atom. The van der Waals surface area contributed by atoms with Crippen molar-refractivity contribution < 1.29 is 27.4 Å². The van der Waals surface area contributed by atoms with Crippen LogP contribution < -0.4 is 19.5 Å². The smallest absolute Gasteiger partial charge is 0.251 e. The van der Waals surface area contributed by atoms with Crippen LogP contribution in [0.2, 0.25) is 0 Å². The zero-order valence-corrected chi connectivity index (χ0v) is 16.5. The van der Waals surface area contributed by atoms with Crippen LogP contribution in [-0.4, -0.2) is 40.4 Å². The third-order valence-electron chi connectivity index (χ3n) is 4.82. The maximum absolute atomic E-state index is 12.5. The van der Waals surface area contributed by atoms with E-state index >= 15 is 0 Å². The molecule has 154 valence electrons. The zero-order chi connectivity index (χ0) is 20.3. The molecular formula is C20H22N2O6S. The molecule has 2 aromatic rings. The first kappa shape index (κ1) is 19.7. The summed E-state index contributed by atoms with van der Waals surface area (Å²) in [6.45, 7) is 1.35. The van der Waals surface area contributed by atoms with Gasteiger partial charge in [-0.25, -0.2) is 13.1 Å². The van der Waals surface area contributed by atoms with Gasteiger partial charge in [0, 0.05) is 25.3 Å². The van der Waals surface area contributed by atoms with Gasteiger partial charge in [-0.05, 0) is 48.7 Å². The molecule has 2 aliphatic heterocycles. The highest BCUT2D eigenvalue weighted by Gasteiger charge is 2.21. The van der Waals surface area contributed by atoms with Crippen molar-refractivity contribution in [3.63, 3.8) is 0 Å². The lowest BCUT2D eigenvalue weighted by Crippen LogP contribution is -2.32. The van der Waals surface area contributed by atoms with Crippen molar-refractivity contribution in [3.8, 4) is 11.5 Å². The lowest BCUT2D eigenvalue weighted by molar-refractivity contribution is 0.0950. The largest absolute Gasteiger partial charge is 0.454 e. The van der Waals surface area contributed by atoms with E-state index in [4.69, 9.17) is 14.2 Å². The minimum atomic E-state index is -3.72. The van der Waals surface area contributed by atoms with Crippen molar-refractivity contribution in [1.82, 2.24) is 10.0 Å². The predicted octanol–water partition coefficient (Wildman–Crippen LogP) is 1.80. The summed E-state index contributed by atoms with van der Waals surface area (Å²) in [5.41, 5.74) is 1.12. The average molecular weight is 418 g/mol. The maximum Gasteiger partial charge on any atom is 0.251 e. The number of hydrogen-bond donors (Lipinski definition) is 2. The van der Waals surface area contributed by atoms with Crippen LogP contribution in [-0.2, 0) is 21.3 Å². The van der Waals surface area contributed by atoms with Crippen LogP contribution in [0.1, 0.15) is 28.8 Å². The van der Waals surface area contributed by atoms with Crippen LogP contribution in [0.3, 0.4) is 0 Å². The van der Waals surface area contributed by atoms with Gasteiger partial charge in [-0.15, -0.1) is 0 Å². The van der Waals surface area contributed by atoms with Gasteiger partial charge >= 0.3 is 0 Å². The minimum absolute atomic E-state index is 0.0474. The molecule has 0 aliphatic carbocycles. The highest BCUT2D eigenvalue weighted by Crippen LogP contribution is 2.32. The van der Waals surface area contributed by atoms with Crippen LogP contribution in [0.25, 0.3) is 0 Å². The third-order valence-corrected chi connectivity index (χ3v) is 6.24. The molecule has 0 unspecified atom stereocenters. The topological polar surface area (TPSA) is 103 Å². The first-order valence-electron chi connectivity index (χ1n) is 9.39. The Morgan fingerprint density at radius 1 is 1.10 bits per heavy atom. The number of rotatable bonds is 7. The molecule has 4 rings (SSSR count). The lowest BCUT2D eigenvalue weighted by Gasteiger charge is -2.12. The Bertz CT molecular complexity index is 1000. The van der Waals surface area contributed by atoms with E-state index in [0.29, 0.717) is 18.1 Å². The number of hydrogen-bond acceptors (Lipinski definition) is 6. The standard InChI is InChI=1S/C20H22N2O6S/c23-20(21-11-14-6-7-18-19(9-14)28-13-27-18)15-3-1-5-17(10-15)29(24,25)22-12-16-4-2-8-26-16/h1,3,5-7,9-10,16,22H,2,4,8,11-13H2,(H,21,23)/t16-/m1/s1. The number of nitrogens with one attached hydrogen (secondary N) is 2. The van der Waals surface area contributed by atoms with E-state index in [1.807, 2.05) is 6.07 Å². The quantitative estimate of drug-likeness (QED) is 0.711. The fourth-order valence-corrected chi connectivity index (χ4v) is 4.34. The fraction of sp³-hybridized carbons (Fsp3) is 0.350. The van der Waals surface area contributed by atoms with E-state index in [2.05, 4.69) is 10.0 Å². The first-order valence-corrected chi connectivity index (χ1v) is 10.9. The molecule has 2 aliphatic rings. The molecule has 0 spiro atoms. The molecule has 1 saturated heterocycles. The number of amides is 1. The average Bonchev–Trinajstić information content (AvgIpc) is 3.42. The summed E-state index contributed by atoms with van der Waals surface area (Å²) in [7, 11) is -3.72. The molecule has 0 aromatic heterocycles. The number of sulfonamides is 1. The zero-order valence-electron chi connectivity index (χ0n) is 15.7. The van der Waals surface area contributed by atoms with Gasteiger partial charge < -0.3 is 19.5 Å². The Morgan fingerprint density at radius 3 is 2.79 bits per heavy atom. The molecule has 2 aromatic carbocycles. The fourth-order valence-electron chi connectivity index (χ4n) is 3.23. The van der Waals surface area contributed by atoms with E-state index in [9.17, 15) is 13.2 Å². The molecule has 0 saturated carbocycles. The second-order valence-electron chi connectivity index (χ2n) is 6.89. The van der Waals surface area contributed by atoms with Gasteiger partial charge in [-0.1, -0.05) is 12.1 Å². The van der Waals surface area contributed by atoms with Crippen LogP contribution in [0.15, 0.2) is 47.4 Å². The molecule has 29 heavy (non-hydrogen) atoms. The number of benzene rings is 2. The van der Waals surface area contributed by atoms with Crippen molar-refractivity contribution in [3.05, 3.63) is 53.6 Å². The van der Waals surface area contributed by atoms with Gasteiger partial charge in [0.05, 0.1) is 11.0 Å². The summed E-state index contributed by atoms with van der Waals surface area (Å²) in [6, 6.07) is 11.4. The van der Waals surface area contributed by atoms with Crippen LogP contribution in [0.5, 0.6) is 11.5 Å². The first-order chi connectivity index (χ1) is 14.0. The highest BCUT2D eigenvalue weighted by molar-refractivity contribution is 7.89.